The van der Waals surface area contributed by atoms with E-state index in [9.17, 15) is 15.0 Å². The fourth-order valence-electron chi connectivity index (χ4n) is 4.82. The molecule has 2 atom stereocenters. The highest BCUT2D eigenvalue weighted by Crippen LogP contribution is 2.40. The number of aliphatic hydroxyl groups is 1. The number of amides is 1. The number of H-pyrrole nitrogens is 1. The van der Waals surface area contributed by atoms with E-state index in [1.54, 1.807) is 12.3 Å². The number of carbonyl (C=O) groups excluding carboxylic acids is 1. The Labute approximate surface area is 256 Å². The molecule has 2 heterocycles. The molecule has 43 heavy (non-hydrogen) atoms. The molecule has 0 aliphatic rings. The van der Waals surface area contributed by atoms with Gasteiger partial charge in [-0.25, -0.2) is 0 Å². The highest BCUT2D eigenvalue weighted by molar-refractivity contribution is 6.74. The number of rotatable bonds is 12. The van der Waals surface area contributed by atoms with Crippen molar-refractivity contribution in [3.8, 4) is 5.75 Å². The zero-order valence-electron chi connectivity index (χ0n) is 26.4. The van der Waals surface area contributed by atoms with Crippen molar-refractivity contribution in [1.82, 2.24) is 20.6 Å². The first-order chi connectivity index (χ1) is 20.3. The summed E-state index contributed by atoms with van der Waals surface area (Å²) >= 11 is 0. The summed E-state index contributed by atoms with van der Waals surface area (Å²) in [5, 5.41) is 27.5. The van der Waals surface area contributed by atoms with Crippen LogP contribution in [0.5, 0.6) is 5.75 Å². The molecule has 0 unspecified atom stereocenters. The van der Waals surface area contributed by atoms with Crippen molar-refractivity contribution in [3.63, 3.8) is 0 Å². The second-order valence-corrected chi connectivity index (χ2v) is 17.7. The molecule has 8 nitrogen and oxygen atoms in total. The molecule has 4 aromatic rings. The van der Waals surface area contributed by atoms with Crippen LogP contribution in [0.4, 0.5) is 0 Å². The summed E-state index contributed by atoms with van der Waals surface area (Å²) in [6.45, 7) is 16.0. The lowest BCUT2D eigenvalue weighted by atomic mass is 10.0. The Balaban J connectivity index is 1.42. The highest BCUT2D eigenvalue weighted by atomic mass is 28.4. The Bertz CT molecular complexity index is 1560. The number of nitrogens with one attached hydrogen (secondary N) is 3. The van der Waals surface area contributed by atoms with Gasteiger partial charge in [0.15, 0.2) is 8.32 Å². The molecule has 2 aromatic heterocycles. The minimum atomic E-state index is -2.11. The number of benzene rings is 2. The molecule has 0 aliphatic heterocycles. The second kappa shape index (κ2) is 13.4. The predicted octanol–water partition coefficient (Wildman–Crippen LogP) is 6.28. The summed E-state index contributed by atoms with van der Waals surface area (Å²) in [6.07, 6.45) is 2.31. The number of hydrogen-bond donors (Lipinski definition) is 5. The molecule has 230 valence electrons. The van der Waals surface area contributed by atoms with Crippen molar-refractivity contribution in [2.45, 2.75) is 84.5 Å². The van der Waals surface area contributed by atoms with Crippen LogP contribution in [0.2, 0.25) is 18.1 Å². The van der Waals surface area contributed by atoms with Crippen molar-refractivity contribution in [1.29, 1.82) is 0 Å². The van der Waals surface area contributed by atoms with Gasteiger partial charge in [0.2, 0.25) is 0 Å². The lowest BCUT2D eigenvalue weighted by molar-refractivity contribution is 0.0946. The van der Waals surface area contributed by atoms with Crippen LogP contribution in [0, 0.1) is 6.92 Å². The largest absolute Gasteiger partial charge is 0.508 e. The van der Waals surface area contributed by atoms with Crippen LogP contribution in [0.15, 0.2) is 60.8 Å². The molecule has 9 heteroatoms. The summed E-state index contributed by atoms with van der Waals surface area (Å²) in [5.74, 6) is -0.0769. The van der Waals surface area contributed by atoms with Gasteiger partial charge in [-0.15, -0.1) is 0 Å². The maximum atomic E-state index is 12.8. The highest BCUT2D eigenvalue weighted by Gasteiger charge is 2.39. The van der Waals surface area contributed by atoms with E-state index in [0.29, 0.717) is 24.3 Å². The minimum Gasteiger partial charge on any atom is -0.508 e. The summed E-state index contributed by atoms with van der Waals surface area (Å²) in [5.41, 5.74) is 5.93. The van der Waals surface area contributed by atoms with Crippen molar-refractivity contribution in [3.05, 3.63) is 94.4 Å². The fraction of sp³-hybridized carbons (Fsp3) is 0.412. The van der Waals surface area contributed by atoms with Gasteiger partial charge in [-0.1, -0.05) is 39.0 Å². The summed E-state index contributed by atoms with van der Waals surface area (Å²) in [7, 11) is -2.11. The van der Waals surface area contributed by atoms with Gasteiger partial charge in [-0.2, -0.15) is 0 Å². The smallest absolute Gasteiger partial charge is 0.268 e. The van der Waals surface area contributed by atoms with Crippen molar-refractivity contribution < 1.29 is 19.4 Å². The standard InChI is InChI=1S/C34H46N4O4Si/c1-22-9-8-14-35-30(22)19-37-33(41)29-18-26-16-24(10-12-28(26)38-29)15-23(2)36-20-32(42-43(6,7)34(3,4)5)25-11-13-31(40)27(17-25)21-39/h8-14,16-18,23,32,36,38-40H,15,19-21H2,1-7H3,(H,37,41)/t23-,32+/m1/s1. The first-order valence-electron chi connectivity index (χ1n) is 14.9. The average Bonchev–Trinajstić information content (AvgIpc) is 3.38. The molecule has 0 radical (unpaired) electrons. The Morgan fingerprint density at radius 1 is 1.12 bits per heavy atom. The number of aromatic nitrogens is 2. The normalized spacial score (nSPS) is 13.7. The average molecular weight is 603 g/mol. The Hall–Kier alpha value is -3.50. The lowest BCUT2D eigenvalue weighted by Gasteiger charge is -2.40. The molecule has 0 fully saturated rings. The number of aromatic hydroxyl groups is 1. The van der Waals surface area contributed by atoms with Gasteiger partial charge in [-0.05, 0) is 91.5 Å². The number of phenols is 1. The number of aryl methyl sites for hydroxylation is 1. The Morgan fingerprint density at radius 3 is 2.58 bits per heavy atom. The first-order valence-corrected chi connectivity index (χ1v) is 17.8. The van der Waals surface area contributed by atoms with Crippen LogP contribution in [-0.4, -0.2) is 47.0 Å². The molecule has 5 N–H and O–H groups in total. The molecule has 4 rings (SSSR count). The number of pyridine rings is 1. The second-order valence-electron chi connectivity index (χ2n) is 13.0. The molecule has 0 bridgehead atoms. The first kappa shape index (κ1) is 32.4. The lowest BCUT2D eigenvalue weighted by Crippen LogP contribution is -2.44. The predicted molar refractivity (Wildman–Crippen MR) is 175 cm³/mol. The molecule has 0 saturated heterocycles. The molecule has 2 aromatic carbocycles. The molecular weight excluding hydrogens is 556 g/mol. The molecular formula is C34H46N4O4Si. The fourth-order valence-corrected chi connectivity index (χ4v) is 6.10. The van der Waals surface area contributed by atoms with Gasteiger partial charge < -0.3 is 30.3 Å². The number of carbonyl (C=O) groups is 1. The third kappa shape index (κ3) is 8.11. The van der Waals surface area contributed by atoms with E-state index in [2.05, 4.69) is 73.5 Å². The van der Waals surface area contributed by atoms with Gasteiger partial charge in [0.05, 0.1) is 24.9 Å². The Morgan fingerprint density at radius 2 is 1.88 bits per heavy atom. The SMILES string of the molecule is Cc1cccnc1CNC(=O)c1cc2cc(C[C@@H](C)NC[C@H](O[Si](C)(C)C(C)(C)C)c3ccc(O)c(CO)c3)ccc2[nH]1. The molecule has 0 aliphatic carbocycles. The van der Waals surface area contributed by atoms with Gasteiger partial charge >= 0.3 is 0 Å². The summed E-state index contributed by atoms with van der Waals surface area (Å²) in [4.78, 5) is 20.4. The number of nitrogens with zero attached hydrogens (tertiary/aromatic N) is 1. The van der Waals surface area contributed by atoms with Crippen LogP contribution in [0.25, 0.3) is 10.9 Å². The minimum absolute atomic E-state index is 0.0344. The monoisotopic (exact) mass is 602 g/mol. The topological polar surface area (TPSA) is 120 Å². The number of hydrogen-bond acceptors (Lipinski definition) is 6. The van der Waals surface area contributed by atoms with E-state index >= 15 is 0 Å². The third-order valence-electron chi connectivity index (χ3n) is 8.55. The van der Waals surface area contributed by atoms with Gasteiger partial charge in [0.25, 0.3) is 5.91 Å². The van der Waals surface area contributed by atoms with Crippen molar-refractivity contribution in [2.75, 3.05) is 6.54 Å². The molecule has 0 saturated carbocycles. The van der Waals surface area contributed by atoms with E-state index in [1.807, 2.05) is 43.3 Å². The van der Waals surface area contributed by atoms with E-state index < -0.39 is 8.32 Å². The summed E-state index contributed by atoms with van der Waals surface area (Å²) < 4.78 is 6.83. The van der Waals surface area contributed by atoms with E-state index in [0.717, 1.165) is 39.7 Å². The quantitative estimate of drug-likeness (QED) is 0.122. The number of aliphatic hydroxyl groups excluding tert-OH is 1. The van der Waals surface area contributed by atoms with E-state index in [4.69, 9.17) is 4.43 Å². The molecule has 0 spiro atoms. The van der Waals surface area contributed by atoms with Crippen molar-refractivity contribution >= 4 is 25.1 Å². The maximum absolute atomic E-state index is 12.8. The number of aromatic amines is 1. The van der Waals surface area contributed by atoms with E-state index in [-0.39, 0.29) is 35.4 Å². The zero-order valence-corrected chi connectivity index (χ0v) is 27.4. The third-order valence-corrected chi connectivity index (χ3v) is 13.0. The van der Waals surface area contributed by atoms with Gasteiger partial charge in [0, 0.05) is 35.2 Å². The van der Waals surface area contributed by atoms with Crippen LogP contribution in [-0.2, 0) is 24.0 Å². The molecule has 1 amide bonds. The van der Waals surface area contributed by atoms with Crippen LogP contribution in [0.3, 0.4) is 0 Å². The van der Waals surface area contributed by atoms with Crippen LogP contribution < -0.4 is 10.6 Å². The van der Waals surface area contributed by atoms with Gasteiger partial charge in [-0.3, -0.25) is 9.78 Å². The van der Waals surface area contributed by atoms with Crippen molar-refractivity contribution in [2.24, 2.45) is 0 Å². The Kier molecular flexibility index (Phi) is 10.1. The van der Waals surface area contributed by atoms with E-state index in [1.165, 1.54) is 0 Å². The van der Waals surface area contributed by atoms with Gasteiger partial charge in [0.1, 0.15) is 11.4 Å². The summed E-state index contributed by atoms with van der Waals surface area (Å²) in [6, 6.07) is 17.5. The maximum Gasteiger partial charge on any atom is 0.268 e. The number of fused-ring (bicyclic) bond motifs is 1. The van der Waals surface area contributed by atoms with Crippen LogP contribution >= 0.6 is 0 Å². The zero-order chi connectivity index (χ0) is 31.4. The van der Waals surface area contributed by atoms with Crippen LogP contribution in [0.1, 0.15) is 72.2 Å².